The molecule has 2 amide bonds. The maximum Gasteiger partial charge on any atom is 0.294 e. The summed E-state index contributed by atoms with van der Waals surface area (Å²) in [6.07, 6.45) is 0.182. The van der Waals surface area contributed by atoms with E-state index >= 15 is 0 Å². The van der Waals surface area contributed by atoms with Crippen LogP contribution in [0.3, 0.4) is 0 Å². The van der Waals surface area contributed by atoms with Gasteiger partial charge in [0.1, 0.15) is 0 Å². The number of hydrogen-bond donors (Lipinski definition) is 2. The molecule has 2 N–H and O–H groups in total. The lowest BCUT2D eigenvalue weighted by atomic mass is 9.86. The second-order valence-corrected chi connectivity index (χ2v) is 7.97. The minimum Gasteiger partial charge on any atom is -0.282 e. The highest BCUT2D eigenvalue weighted by molar-refractivity contribution is 7.85. The molecule has 1 fully saturated rings. The number of amides is 2. The Morgan fingerprint density at radius 1 is 1.04 bits per heavy atom. The predicted molar refractivity (Wildman–Crippen MR) is 89.9 cm³/mol. The summed E-state index contributed by atoms with van der Waals surface area (Å²) in [5.41, 5.74) is 3.35. The topological polar surface area (TPSA) is 112 Å². The fourth-order valence-electron chi connectivity index (χ4n) is 3.85. The van der Waals surface area contributed by atoms with Gasteiger partial charge in [0.25, 0.3) is 21.9 Å². The SMILES string of the molecule is O=C1CC(CC2c3ccccc3-c3ccc(S(=O)(=O)O)cc32)C(=O)N1O. The number of carbonyl (C=O) groups is 2. The Morgan fingerprint density at radius 2 is 1.73 bits per heavy atom. The van der Waals surface area contributed by atoms with Crippen LogP contribution < -0.4 is 0 Å². The fraction of sp³-hybridized carbons (Fsp3) is 0.222. The van der Waals surface area contributed by atoms with E-state index in [2.05, 4.69) is 0 Å². The average Bonchev–Trinajstić information content (AvgIpc) is 3.04. The summed E-state index contributed by atoms with van der Waals surface area (Å²) < 4.78 is 32.4. The van der Waals surface area contributed by atoms with E-state index in [1.54, 1.807) is 6.07 Å². The molecular weight excluding hydrogens is 358 g/mol. The molecule has 2 aromatic carbocycles. The monoisotopic (exact) mass is 373 g/mol. The number of benzene rings is 2. The first kappa shape index (κ1) is 16.9. The van der Waals surface area contributed by atoms with Crippen LogP contribution in [0.1, 0.15) is 29.9 Å². The van der Waals surface area contributed by atoms with Gasteiger partial charge in [0, 0.05) is 12.3 Å². The first-order chi connectivity index (χ1) is 12.3. The summed E-state index contributed by atoms with van der Waals surface area (Å²) in [7, 11) is -4.36. The van der Waals surface area contributed by atoms with Crippen LogP contribution in [0.5, 0.6) is 0 Å². The summed E-state index contributed by atoms with van der Waals surface area (Å²) in [4.78, 5) is 23.4. The van der Waals surface area contributed by atoms with Crippen molar-refractivity contribution in [3.63, 3.8) is 0 Å². The Balaban J connectivity index is 1.80. The second kappa shape index (κ2) is 5.73. The number of hydroxylamine groups is 2. The minimum absolute atomic E-state index is 0.0820. The lowest BCUT2D eigenvalue weighted by molar-refractivity contribution is -0.172. The Bertz CT molecular complexity index is 1050. The van der Waals surface area contributed by atoms with Gasteiger partial charge in [0.2, 0.25) is 0 Å². The van der Waals surface area contributed by atoms with Crippen LogP contribution in [0.15, 0.2) is 47.4 Å². The van der Waals surface area contributed by atoms with E-state index in [1.807, 2.05) is 24.3 Å². The zero-order valence-corrected chi connectivity index (χ0v) is 14.3. The average molecular weight is 373 g/mol. The zero-order chi connectivity index (χ0) is 18.6. The van der Waals surface area contributed by atoms with Crippen LogP contribution in [0, 0.1) is 5.92 Å². The second-order valence-electron chi connectivity index (χ2n) is 6.54. The molecule has 1 aliphatic carbocycles. The molecule has 1 aliphatic heterocycles. The van der Waals surface area contributed by atoms with Gasteiger partial charge in [-0.25, -0.2) is 0 Å². The van der Waals surface area contributed by atoms with E-state index in [4.69, 9.17) is 0 Å². The molecule has 134 valence electrons. The summed E-state index contributed by atoms with van der Waals surface area (Å²) in [6, 6.07) is 11.9. The Morgan fingerprint density at radius 3 is 2.38 bits per heavy atom. The Labute approximate surface area is 149 Å². The van der Waals surface area contributed by atoms with E-state index in [9.17, 15) is 27.8 Å². The van der Waals surface area contributed by atoms with Gasteiger partial charge in [-0.3, -0.25) is 19.3 Å². The van der Waals surface area contributed by atoms with Gasteiger partial charge >= 0.3 is 0 Å². The molecule has 2 aromatic rings. The van der Waals surface area contributed by atoms with Crippen LogP contribution in [0.2, 0.25) is 0 Å². The smallest absolute Gasteiger partial charge is 0.282 e. The lowest BCUT2D eigenvalue weighted by Crippen LogP contribution is -2.27. The van der Waals surface area contributed by atoms with Crippen molar-refractivity contribution in [1.82, 2.24) is 5.06 Å². The van der Waals surface area contributed by atoms with Crippen LogP contribution in [-0.4, -0.2) is 35.1 Å². The van der Waals surface area contributed by atoms with Crippen molar-refractivity contribution in [3.8, 4) is 11.1 Å². The Kier molecular flexibility index (Phi) is 3.72. The molecule has 1 saturated heterocycles. The van der Waals surface area contributed by atoms with Gasteiger partial charge in [0.15, 0.2) is 0 Å². The van der Waals surface area contributed by atoms with E-state index < -0.39 is 27.9 Å². The molecule has 7 nitrogen and oxygen atoms in total. The summed E-state index contributed by atoms with van der Waals surface area (Å²) >= 11 is 0. The van der Waals surface area contributed by atoms with E-state index in [-0.39, 0.29) is 28.7 Å². The van der Waals surface area contributed by atoms with Gasteiger partial charge in [-0.05, 0) is 40.8 Å². The first-order valence-electron chi connectivity index (χ1n) is 8.04. The number of carbonyl (C=O) groups excluding carboxylic acids is 2. The van der Waals surface area contributed by atoms with Crippen molar-refractivity contribution in [3.05, 3.63) is 53.6 Å². The van der Waals surface area contributed by atoms with Crippen molar-refractivity contribution in [2.24, 2.45) is 5.92 Å². The number of rotatable bonds is 3. The molecule has 8 heteroatoms. The molecule has 2 aliphatic rings. The summed E-state index contributed by atoms with van der Waals surface area (Å²) in [5.74, 6) is -2.27. The molecule has 1 heterocycles. The van der Waals surface area contributed by atoms with Crippen LogP contribution in [-0.2, 0) is 19.7 Å². The Hall–Kier alpha value is -2.55. The highest BCUT2D eigenvalue weighted by Gasteiger charge is 2.41. The summed E-state index contributed by atoms with van der Waals surface area (Å²) in [5, 5.41) is 9.63. The van der Waals surface area contributed by atoms with Gasteiger partial charge in [0.05, 0.1) is 10.8 Å². The molecule has 2 atom stereocenters. The van der Waals surface area contributed by atoms with Gasteiger partial charge in [-0.1, -0.05) is 30.3 Å². The first-order valence-corrected chi connectivity index (χ1v) is 9.48. The third-order valence-electron chi connectivity index (χ3n) is 5.06. The quantitative estimate of drug-likeness (QED) is 0.485. The van der Waals surface area contributed by atoms with Crippen LogP contribution in [0.25, 0.3) is 11.1 Å². The fourth-order valence-corrected chi connectivity index (χ4v) is 4.37. The summed E-state index contributed by atoms with van der Waals surface area (Å²) in [6.45, 7) is 0. The van der Waals surface area contributed by atoms with E-state index in [0.717, 1.165) is 16.7 Å². The largest absolute Gasteiger partial charge is 0.294 e. The third-order valence-corrected chi connectivity index (χ3v) is 5.91. The molecule has 26 heavy (non-hydrogen) atoms. The highest BCUT2D eigenvalue weighted by Crippen LogP contribution is 2.48. The maximum atomic E-state index is 12.1. The van der Waals surface area contributed by atoms with E-state index in [0.29, 0.717) is 5.56 Å². The van der Waals surface area contributed by atoms with Crippen molar-refractivity contribution in [2.45, 2.75) is 23.7 Å². The molecule has 0 bridgehead atoms. The number of hydrogen-bond acceptors (Lipinski definition) is 5. The number of nitrogens with zero attached hydrogens (tertiary/aromatic N) is 1. The van der Waals surface area contributed by atoms with Crippen molar-refractivity contribution in [2.75, 3.05) is 0 Å². The van der Waals surface area contributed by atoms with Gasteiger partial charge in [-0.2, -0.15) is 13.5 Å². The van der Waals surface area contributed by atoms with E-state index in [1.165, 1.54) is 12.1 Å². The van der Waals surface area contributed by atoms with Crippen molar-refractivity contribution in [1.29, 1.82) is 0 Å². The molecule has 0 spiro atoms. The van der Waals surface area contributed by atoms with Crippen LogP contribution in [0.4, 0.5) is 0 Å². The molecule has 0 saturated carbocycles. The third kappa shape index (κ3) is 2.54. The molecule has 4 rings (SSSR count). The van der Waals surface area contributed by atoms with Gasteiger partial charge < -0.3 is 0 Å². The molecule has 2 unspecified atom stereocenters. The number of fused-ring (bicyclic) bond motifs is 3. The highest BCUT2D eigenvalue weighted by atomic mass is 32.2. The standard InChI is InChI=1S/C18H15NO6S/c20-17-8-10(18(21)19(17)22)7-15-13-4-2-1-3-12(13)14-6-5-11(9-16(14)15)26(23,24)25/h1-6,9-10,15,22H,7-8H2,(H,23,24,25). The predicted octanol–water partition coefficient (Wildman–Crippen LogP) is 2.20. The van der Waals surface area contributed by atoms with Crippen molar-refractivity contribution < 1.29 is 27.8 Å². The van der Waals surface area contributed by atoms with Gasteiger partial charge in [-0.15, -0.1) is 0 Å². The number of imide groups is 1. The van der Waals surface area contributed by atoms with Crippen molar-refractivity contribution >= 4 is 21.9 Å². The molecular formula is C18H15NO6S. The molecule has 0 aromatic heterocycles. The minimum atomic E-state index is -4.36. The maximum absolute atomic E-state index is 12.1. The zero-order valence-electron chi connectivity index (χ0n) is 13.5. The lowest BCUT2D eigenvalue weighted by Gasteiger charge is -2.17. The normalized spacial score (nSPS) is 21.8. The molecule has 0 radical (unpaired) electrons. The van der Waals surface area contributed by atoms with Crippen LogP contribution >= 0.6 is 0 Å².